The van der Waals surface area contributed by atoms with Crippen LogP contribution in [0.2, 0.25) is 0 Å². The van der Waals surface area contributed by atoms with Crippen molar-refractivity contribution in [3.8, 4) is 0 Å². The predicted molar refractivity (Wildman–Crippen MR) is 445 cm³/mol. The average Bonchev–Trinajstić information content (AvgIpc) is 1.90. The van der Waals surface area contributed by atoms with Gasteiger partial charge < -0.3 is 80.4 Å². The molecule has 0 saturated carbocycles. The van der Waals surface area contributed by atoms with E-state index in [2.05, 4.69) is 82.4 Å². The van der Waals surface area contributed by atoms with Gasteiger partial charge in [-0.1, -0.05) is 18.2 Å². The van der Waals surface area contributed by atoms with Crippen molar-refractivity contribution < 1.29 is 76.3 Å². The Morgan fingerprint density at radius 2 is 0.608 bits per heavy atom. The van der Waals surface area contributed by atoms with Crippen molar-refractivity contribution in [1.29, 1.82) is 0 Å². The lowest BCUT2D eigenvalue weighted by Crippen LogP contribution is -2.44. The van der Waals surface area contributed by atoms with Crippen molar-refractivity contribution in [2.45, 2.75) is 131 Å². The Balaban J connectivity index is 0.000000156. The van der Waals surface area contributed by atoms with Gasteiger partial charge in [-0.3, -0.25) is 24.9 Å². The third kappa shape index (κ3) is 33.4. The third-order valence-electron chi connectivity index (χ3n) is 19.4. The second-order valence-corrected chi connectivity index (χ2v) is 30.0. The van der Waals surface area contributed by atoms with Crippen molar-refractivity contribution in [3.63, 3.8) is 0 Å². The molecule has 8 fully saturated rings. The molecule has 32 heteroatoms. The molecule has 640 valence electrons. The fourth-order valence-electron chi connectivity index (χ4n) is 12.1. The molecule has 8 aliphatic heterocycles. The van der Waals surface area contributed by atoms with Crippen LogP contribution in [0.25, 0.3) is 0 Å². The van der Waals surface area contributed by atoms with Gasteiger partial charge in [0, 0.05) is 156 Å². The first kappa shape index (κ1) is 92.5. The van der Waals surface area contributed by atoms with Gasteiger partial charge in [0.15, 0.2) is 0 Å². The summed E-state index contributed by atoms with van der Waals surface area (Å²) >= 11 is 0. The zero-order chi connectivity index (χ0) is 85.4. The molecule has 0 amide bonds. The molecule has 0 aromatic carbocycles. The molecule has 0 bridgehead atoms. The molecule has 32 nitrogen and oxygen atoms in total. The smallest absolute Gasteiger partial charge is 0.357 e. The number of hydrogen-bond donors (Lipinski definition) is 8. The number of carbonyl (C=O) groups is 8. The van der Waals surface area contributed by atoms with Gasteiger partial charge in [0.05, 0.1) is 41.0 Å². The summed E-state index contributed by atoms with van der Waals surface area (Å²) < 4.78 is 42.1. The van der Waals surface area contributed by atoms with E-state index in [1.54, 1.807) is 91.9 Å². The van der Waals surface area contributed by atoms with Crippen LogP contribution in [-0.2, 0) is 37.9 Å². The maximum Gasteiger partial charge on any atom is 0.357 e. The van der Waals surface area contributed by atoms with Gasteiger partial charge in [-0.2, -0.15) is 0 Å². The molecule has 0 unspecified atom stereocenters. The summed E-state index contributed by atoms with van der Waals surface area (Å²) in [6, 6.07) is 26.7. The standard InChI is InChI=1S/8C11H14N2O2/c2*1-8-4-9(6-13-5-8)11(14)15-10-2-3-12-7-10;1-8-2-3-10(6-13-8)11(14)15-7-9-4-12-5-9;1-8-2-3-10(13-4-8)11(14)15-7-9-5-12-6-9;2*1-8-2-3-9(6-13-8)11(14)15-10-4-5-12-7-10;1-8-2-3-10(13-6-8)11(14)15-9-4-5-12-7-9;1-8-3-2-4-10(13-8)11(14)15-9-5-6-12-7-9/h2*4-6,10,12H,2-3,7H2,1H3;2-3,6,9,12H,4-5,7H2,1H3;2-4,9,12H,5-7H2,1H3;2*2-3,6,10,12H,4-5,7H2,1H3;2-3,6,9,12H,4-5,7H2,1H3;2-4,9,12H,5-7H2,1H3/t2*10-;;;2*10-;2*9-/m10..1011/s1. The van der Waals surface area contributed by atoms with Crippen LogP contribution in [0.1, 0.15) is 167 Å². The van der Waals surface area contributed by atoms with Gasteiger partial charge in [-0.05, 0) is 228 Å². The van der Waals surface area contributed by atoms with E-state index in [0.29, 0.717) is 69.9 Å². The summed E-state index contributed by atoms with van der Waals surface area (Å²) in [5.41, 5.74) is 11.3. The van der Waals surface area contributed by atoms with E-state index >= 15 is 0 Å². The molecule has 8 aromatic rings. The van der Waals surface area contributed by atoms with Crippen LogP contribution in [0, 0.1) is 67.2 Å². The van der Waals surface area contributed by atoms with Crippen molar-refractivity contribution >= 4 is 47.8 Å². The normalized spacial score (nSPS) is 19.1. The van der Waals surface area contributed by atoms with Crippen molar-refractivity contribution in [1.82, 2.24) is 82.4 Å². The third-order valence-corrected chi connectivity index (χ3v) is 19.4. The lowest BCUT2D eigenvalue weighted by molar-refractivity contribution is 0.0328. The van der Waals surface area contributed by atoms with Crippen LogP contribution < -0.4 is 42.5 Å². The highest BCUT2D eigenvalue weighted by molar-refractivity contribution is 5.92. The Kier molecular flexibility index (Phi) is 38.5. The summed E-state index contributed by atoms with van der Waals surface area (Å²) in [5, 5.41) is 25.1. The highest BCUT2D eigenvalue weighted by atomic mass is 16.6. The van der Waals surface area contributed by atoms with E-state index < -0.39 is 0 Å². The molecule has 8 saturated heterocycles. The number of aryl methyl sites for hydroxylation is 8. The number of rotatable bonds is 18. The molecule has 8 aliphatic rings. The second-order valence-electron chi connectivity index (χ2n) is 30.0. The Morgan fingerprint density at radius 1 is 0.283 bits per heavy atom. The molecule has 0 aliphatic carbocycles. The zero-order valence-electron chi connectivity index (χ0n) is 69.6. The number of carbonyl (C=O) groups excluding carboxylic acids is 8. The number of esters is 8. The number of nitrogens with zero attached hydrogens (tertiary/aromatic N) is 8. The highest BCUT2D eigenvalue weighted by Crippen LogP contribution is 2.17. The molecule has 0 spiro atoms. The van der Waals surface area contributed by atoms with Crippen LogP contribution in [0.15, 0.2) is 147 Å². The van der Waals surface area contributed by atoms with Gasteiger partial charge in [0.1, 0.15) is 53.7 Å². The second kappa shape index (κ2) is 49.9. The minimum absolute atomic E-state index is 0.000174. The number of pyridine rings is 8. The molecule has 120 heavy (non-hydrogen) atoms. The fourth-order valence-corrected chi connectivity index (χ4v) is 12.1. The van der Waals surface area contributed by atoms with Crippen molar-refractivity contribution in [2.75, 3.05) is 118 Å². The SMILES string of the molecule is Cc1ccc(C(=O)OCC2CNC2)cn1.Cc1ccc(C(=O)OCC2CNC2)nc1.Cc1ccc(C(=O)O[C@@H]2CCNC2)cn1.Cc1ccc(C(=O)O[C@@H]2CCNC2)nc1.Cc1ccc(C(=O)O[C@H]2CCNC2)cn1.Cc1cccc(C(=O)O[C@@H]2CCNC2)n1.Cc1cncc(C(=O)O[C@@H]2CCNC2)c1.Cc1cncc(C(=O)O[C@H]2CCNC2)c1. The highest BCUT2D eigenvalue weighted by Gasteiger charge is 2.27. The number of aromatic nitrogens is 8. The first-order valence-electron chi connectivity index (χ1n) is 40.7. The van der Waals surface area contributed by atoms with Gasteiger partial charge in [0.2, 0.25) is 0 Å². The average molecular weight is 1650 g/mol. The van der Waals surface area contributed by atoms with E-state index in [1.807, 2.05) is 97.9 Å². The van der Waals surface area contributed by atoms with Crippen LogP contribution >= 0.6 is 0 Å². The largest absolute Gasteiger partial charge is 0.462 e. The Labute approximate surface area is 700 Å². The lowest BCUT2D eigenvalue weighted by Gasteiger charge is -2.26. The molecular weight excluding hydrogens is 1540 g/mol. The van der Waals surface area contributed by atoms with Crippen molar-refractivity contribution in [3.05, 3.63) is 237 Å². The van der Waals surface area contributed by atoms with Crippen LogP contribution in [0.4, 0.5) is 0 Å². The minimum Gasteiger partial charge on any atom is -0.462 e. The van der Waals surface area contributed by atoms with Gasteiger partial charge in [-0.15, -0.1) is 0 Å². The summed E-state index contributed by atoms with van der Waals surface area (Å²) in [6.45, 7) is 30.0. The van der Waals surface area contributed by atoms with Gasteiger partial charge in [-0.25, -0.2) is 53.3 Å². The van der Waals surface area contributed by atoms with Gasteiger partial charge in [0.25, 0.3) is 0 Å². The first-order chi connectivity index (χ1) is 58.0. The first-order valence-corrected chi connectivity index (χ1v) is 40.7. The summed E-state index contributed by atoms with van der Waals surface area (Å²) in [7, 11) is 0. The minimum atomic E-state index is -0.332. The maximum atomic E-state index is 11.7. The quantitative estimate of drug-likeness (QED) is 0.0317. The Bertz CT molecular complexity index is 4100. The van der Waals surface area contributed by atoms with E-state index in [1.165, 1.54) is 12.4 Å². The van der Waals surface area contributed by atoms with Crippen LogP contribution in [0.3, 0.4) is 0 Å². The Morgan fingerprint density at radius 3 is 0.900 bits per heavy atom. The zero-order valence-corrected chi connectivity index (χ0v) is 69.6. The number of ether oxygens (including phenoxy) is 8. The topological polar surface area (TPSA) is 410 Å². The van der Waals surface area contributed by atoms with E-state index in [0.717, 1.165) is 188 Å². The van der Waals surface area contributed by atoms with Crippen molar-refractivity contribution in [2.24, 2.45) is 11.8 Å². The molecule has 8 aromatic heterocycles. The monoisotopic (exact) mass is 1650 g/mol. The fraction of sp³-hybridized carbons (Fsp3) is 0.455. The Hall–Kier alpha value is -11.4. The number of nitrogens with one attached hydrogen (secondary N) is 8. The number of hydrogen-bond acceptors (Lipinski definition) is 32. The summed E-state index contributed by atoms with van der Waals surface area (Å²) in [4.78, 5) is 125. The molecule has 0 radical (unpaired) electrons. The summed E-state index contributed by atoms with van der Waals surface area (Å²) in [6.07, 6.45) is 19.9. The summed E-state index contributed by atoms with van der Waals surface area (Å²) in [5.74, 6) is -1.44. The van der Waals surface area contributed by atoms with E-state index in [4.69, 9.17) is 37.9 Å². The molecule has 8 N–H and O–H groups in total. The predicted octanol–water partition coefficient (Wildman–Crippen LogP) is 6.98. The van der Waals surface area contributed by atoms with Crippen LogP contribution in [0.5, 0.6) is 0 Å². The molecular formula is C88H112N16O16. The maximum absolute atomic E-state index is 11.7. The molecule has 16 heterocycles. The van der Waals surface area contributed by atoms with Gasteiger partial charge >= 0.3 is 47.8 Å². The van der Waals surface area contributed by atoms with Crippen LogP contribution in [-0.4, -0.2) is 242 Å². The van der Waals surface area contributed by atoms with E-state index in [9.17, 15) is 38.4 Å². The molecule has 6 atom stereocenters. The lowest BCUT2D eigenvalue weighted by atomic mass is 10.1. The van der Waals surface area contributed by atoms with E-state index in [-0.39, 0.29) is 84.4 Å². The molecule has 16 rings (SSSR count).